The second-order valence-electron chi connectivity index (χ2n) is 4.27. The molecule has 1 heterocycles. The smallest absolute Gasteiger partial charge is 0.263 e. The summed E-state index contributed by atoms with van der Waals surface area (Å²) in [6.45, 7) is 3.61. The van der Waals surface area contributed by atoms with E-state index in [2.05, 4.69) is 9.71 Å². The molecule has 2 rings (SSSR count). The lowest BCUT2D eigenvalue weighted by Gasteiger charge is -2.14. The van der Waals surface area contributed by atoms with E-state index in [1.807, 2.05) is 6.92 Å². The second-order valence-corrected chi connectivity index (χ2v) is 5.95. The summed E-state index contributed by atoms with van der Waals surface area (Å²) in [6.07, 6.45) is 2.83. The highest BCUT2D eigenvalue weighted by Crippen LogP contribution is 2.27. The SMILES string of the molecule is Cc1ccc(N)c(C)c1NS(=O)(=O)c1cccnc1. The van der Waals surface area contributed by atoms with E-state index in [-0.39, 0.29) is 4.90 Å². The summed E-state index contributed by atoms with van der Waals surface area (Å²) in [5.74, 6) is 0. The van der Waals surface area contributed by atoms with Crippen LogP contribution in [0.3, 0.4) is 0 Å². The molecule has 6 heteroatoms. The van der Waals surface area contributed by atoms with Crippen LogP contribution < -0.4 is 10.5 Å². The largest absolute Gasteiger partial charge is 0.398 e. The van der Waals surface area contributed by atoms with Gasteiger partial charge >= 0.3 is 0 Å². The minimum absolute atomic E-state index is 0.122. The van der Waals surface area contributed by atoms with Gasteiger partial charge in [0.15, 0.2) is 0 Å². The van der Waals surface area contributed by atoms with Crippen LogP contribution in [0.2, 0.25) is 0 Å². The maximum absolute atomic E-state index is 12.2. The number of pyridine rings is 1. The van der Waals surface area contributed by atoms with E-state index < -0.39 is 10.0 Å². The molecule has 2 aromatic rings. The lowest BCUT2D eigenvalue weighted by molar-refractivity contribution is 0.600. The zero-order valence-electron chi connectivity index (χ0n) is 10.7. The Morgan fingerprint density at radius 2 is 1.95 bits per heavy atom. The van der Waals surface area contributed by atoms with Crippen molar-refractivity contribution in [3.63, 3.8) is 0 Å². The number of rotatable bonds is 3. The number of aromatic nitrogens is 1. The molecule has 0 saturated heterocycles. The lowest BCUT2D eigenvalue weighted by atomic mass is 10.1. The number of anilines is 2. The molecule has 0 radical (unpaired) electrons. The van der Waals surface area contributed by atoms with Gasteiger partial charge < -0.3 is 5.73 Å². The molecule has 0 aliphatic carbocycles. The van der Waals surface area contributed by atoms with Gasteiger partial charge in [-0.05, 0) is 43.2 Å². The van der Waals surface area contributed by atoms with Crippen LogP contribution in [-0.2, 0) is 10.0 Å². The topological polar surface area (TPSA) is 85.1 Å². The third kappa shape index (κ3) is 2.68. The molecule has 0 bridgehead atoms. The van der Waals surface area contributed by atoms with Crippen LogP contribution in [-0.4, -0.2) is 13.4 Å². The Balaban J connectivity index is 2.45. The van der Waals surface area contributed by atoms with Crippen LogP contribution in [0.15, 0.2) is 41.6 Å². The molecule has 0 atom stereocenters. The van der Waals surface area contributed by atoms with Crippen molar-refractivity contribution < 1.29 is 8.42 Å². The van der Waals surface area contributed by atoms with E-state index in [4.69, 9.17) is 5.73 Å². The van der Waals surface area contributed by atoms with Crippen LogP contribution in [0.4, 0.5) is 11.4 Å². The molecular formula is C13H15N3O2S. The lowest BCUT2D eigenvalue weighted by Crippen LogP contribution is -2.15. The molecule has 1 aromatic heterocycles. The Morgan fingerprint density at radius 3 is 2.58 bits per heavy atom. The summed E-state index contributed by atoms with van der Waals surface area (Å²) in [4.78, 5) is 3.93. The highest BCUT2D eigenvalue weighted by Gasteiger charge is 2.17. The monoisotopic (exact) mass is 277 g/mol. The number of nitrogens with zero attached hydrogens (tertiary/aromatic N) is 1. The molecule has 3 N–H and O–H groups in total. The van der Waals surface area contributed by atoms with E-state index in [0.29, 0.717) is 16.9 Å². The van der Waals surface area contributed by atoms with E-state index >= 15 is 0 Å². The summed E-state index contributed by atoms with van der Waals surface area (Å²) in [7, 11) is -3.64. The van der Waals surface area contributed by atoms with Gasteiger partial charge in [0.2, 0.25) is 0 Å². The van der Waals surface area contributed by atoms with E-state index in [9.17, 15) is 8.42 Å². The second kappa shape index (κ2) is 4.89. The highest BCUT2D eigenvalue weighted by molar-refractivity contribution is 7.92. The minimum atomic E-state index is -3.64. The normalized spacial score (nSPS) is 11.3. The third-order valence-electron chi connectivity index (χ3n) is 2.90. The number of hydrogen-bond donors (Lipinski definition) is 2. The van der Waals surface area contributed by atoms with Gasteiger partial charge in [-0.1, -0.05) is 6.07 Å². The number of nitrogen functional groups attached to an aromatic ring is 1. The molecule has 0 saturated carbocycles. The predicted octanol–water partition coefficient (Wildman–Crippen LogP) is 2.08. The standard InChI is InChI=1S/C13H15N3O2S/c1-9-5-6-12(14)10(2)13(9)16-19(17,18)11-4-3-7-15-8-11/h3-8,16H,14H2,1-2H3. The Kier molecular flexibility index (Phi) is 3.44. The Hall–Kier alpha value is -2.08. The van der Waals surface area contributed by atoms with Gasteiger partial charge in [-0.15, -0.1) is 0 Å². The van der Waals surface area contributed by atoms with Crippen molar-refractivity contribution >= 4 is 21.4 Å². The Morgan fingerprint density at radius 1 is 1.21 bits per heavy atom. The van der Waals surface area contributed by atoms with E-state index in [0.717, 1.165) is 5.56 Å². The van der Waals surface area contributed by atoms with Gasteiger partial charge in [0.05, 0.1) is 5.69 Å². The first kappa shape index (κ1) is 13.4. The quantitative estimate of drug-likeness (QED) is 0.841. The highest BCUT2D eigenvalue weighted by atomic mass is 32.2. The van der Waals surface area contributed by atoms with Gasteiger partial charge in [-0.2, -0.15) is 0 Å². The Labute approximate surface area is 112 Å². The number of sulfonamides is 1. The molecule has 0 spiro atoms. The fourth-order valence-electron chi connectivity index (χ4n) is 1.72. The molecule has 0 unspecified atom stereocenters. The van der Waals surface area contributed by atoms with Crippen molar-refractivity contribution in [2.75, 3.05) is 10.5 Å². The summed E-state index contributed by atoms with van der Waals surface area (Å²) < 4.78 is 27.0. The Bertz CT molecular complexity index is 697. The molecule has 0 aliphatic rings. The van der Waals surface area contributed by atoms with E-state index in [1.165, 1.54) is 18.5 Å². The fourth-order valence-corrected chi connectivity index (χ4v) is 2.88. The number of hydrogen-bond acceptors (Lipinski definition) is 4. The fraction of sp³-hybridized carbons (Fsp3) is 0.154. The molecule has 1 aromatic carbocycles. The minimum Gasteiger partial charge on any atom is -0.398 e. The first-order valence-electron chi connectivity index (χ1n) is 5.70. The van der Waals surface area contributed by atoms with Gasteiger partial charge in [0.25, 0.3) is 10.0 Å². The molecule has 0 amide bonds. The maximum atomic E-state index is 12.2. The van der Waals surface area contributed by atoms with Gasteiger partial charge in [-0.3, -0.25) is 9.71 Å². The number of benzene rings is 1. The summed E-state index contributed by atoms with van der Waals surface area (Å²) in [5.41, 5.74) is 8.40. The first-order chi connectivity index (χ1) is 8.92. The number of nitrogens with two attached hydrogens (primary N) is 1. The summed E-state index contributed by atoms with van der Waals surface area (Å²) in [6, 6.07) is 6.61. The molecule has 100 valence electrons. The molecule has 5 nitrogen and oxygen atoms in total. The van der Waals surface area contributed by atoms with Crippen molar-refractivity contribution in [3.05, 3.63) is 47.8 Å². The summed E-state index contributed by atoms with van der Waals surface area (Å²) in [5, 5.41) is 0. The van der Waals surface area contributed by atoms with Gasteiger partial charge in [0, 0.05) is 18.1 Å². The van der Waals surface area contributed by atoms with Crippen molar-refractivity contribution in [2.45, 2.75) is 18.7 Å². The summed E-state index contributed by atoms with van der Waals surface area (Å²) >= 11 is 0. The zero-order chi connectivity index (χ0) is 14.0. The van der Waals surface area contributed by atoms with Crippen molar-refractivity contribution in [2.24, 2.45) is 0 Å². The van der Waals surface area contributed by atoms with Crippen molar-refractivity contribution in [1.82, 2.24) is 4.98 Å². The predicted molar refractivity (Wildman–Crippen MR) is 75.4 cm³/mol. The van der Waals surface area contributed by atoms with Crippen LogP contribution in [0, 0.1) is 13.8 Å². The van der Waals surface area contributed by atoms with Crippen LogP contribution in [0.5, 0.6) is 0 Å². The van der Waals surface area contributed by atoms with Crippen LogP contribution in [0.25, 0.3) is 0 Å². The average Bonchev–Trinajstić information content (AvgIpc) is 2.40. The molecular weight excluding hydrogens is 262 g/mol. The molecule has 0 fully saturated rings. The average molecular weight is 277 g/mol. The van der Waals surface area contributed by atoms with Crippen molar-refractivity contribution in [1.29, 1.82) is 0 Å². The first-order valence-corrected chi connectivity index (χ1v) is 7.18. The third-order valence-corrected chi connectivity index (χ3v) is 4.23. The zero-order valence-corrected chi connectivity index (χ0v) is 11.5. The van der Waals surface area contributed by atoms with Gasteiger partial charge in [-0.25, -0.2) is 8.42 Å². The van der Waals surface area contributed by atoms with Crippen LogP contribution >= 0.6 is 0 Å². The van der Waals surface area contributed by atoms with Crippen molar-refractivity contribution in [3.8, 4) is 0 Å². The van der Waals surface area contributed by atoms with E-state index in [1.54, 1.807) is 25.1 Å². The maximum Gasteiger partial charge on any atom is 0.263 e. The molecule has 0 aliphatic heterocycles. The number of nitrogens with one attached hydrogen (secondary N) is 1. The number of aryl methyl sites for hydroxylation is 1. The van der Waals surface area contributed by atoms with Crippen LogP contribution in [0.1, 0.15) is 11.1 Å². The van der Waals surface area contributed by atoms with Gasteiger partial charge in [0.1, 0.15) is 4.90 Å². The molecule has 19 heavy (non-hydrogen) atoms.